The fourth-order valence-electron chi connectivity index (χ4n) is 1.90. The van der Waals surface area contributed by atoms with Gasteiger partial charge in [0, 0.05) is 17.8 Å². The highest BCUT2D eigenvalue weighted by Crippen LogP contribution is 2.14. The zero-order chi connectivity index (χ0) is 14.7. The van der Waals surface area contributed by atoms with Crippen LogP contribution in [0.15, 0.2) is 41.2 Å². The van der Waals surface area contributed by atoms with Crippen molar-refractivity contribution in [2.75, 3.05) is 0 Å². The van der Waals surface area contributed by atoms with Crippen LogP contribution >= 0.6 is 0 Å². The van der Waals surface area contributed by atoms with E-state index >= 15 is 0 Å². The second-order valence-corrected chi connectivity index (χ2v) is 4.32. The maximum absolute atomic E-state index is 12.1. The third-order valence-corrected chi connectivity index (χ3v) is 2.98. The van der Waals surface area contributed by atoms with Gasteiger partial charge in [-0.25, -0.2) is 0 Å². The minimum Gasteiger partial charge on any atom is -0.307 e. The lowest BCUT2D eigenvalue weighted by molar-refractivity contribution is -0.384. The summed E-state index contributed by atoms with van der Waals surface area (Å²) in [5, 5.41) is 19.6. The number of nitrogens with zero attached hydrogens (tertiary/aromatic N) is 3. The molecule has 1 aromatic carbocycles. The number of hydrogen-bond acceptors (Lipinski definition) is 4. The van der Waals surface area contributed by atoms with Crippen LogP contribution in [0.1, 0.15) is 16.8 Å². The monoisotopic (exact) mass is 269 g/mol. The minimum atomic E-state index is -0.481. The van der Waals surface area contributed by atoms with Crippen molar-refractivity contribution >= 4 is 5.69 Å². The quantitative estimate of drug-likeness (QED) is 0.629. The van der Waals surface area contributed by atoms with Crippen LogP contribution in [0.25, 0.3) is 0 Å². The van der Waals surface area contributed by atoms with Gasteiger partial charge >= 0.3 is 0 Å². The van der Waals surface area contributed by atoms with E-state index in [1.165, 1.54) is 22.8 Å². The van der Waals surface area contributed by atoms with Crippen LogP contribution in [0.4, 0.5) is 5.69 Å². The van der Waals surface area contributed by atoms with E-state index in [1.54, 1.807) is 25.1 Å². The van der Waals surface area contributed by atoms with Crippen molar-refractivity contribution in [1.82, 2.24) is 4.57 Å². The van der Waals surface area contributed by atoms with Crippen LogP contribution in [-0.2, 0) is 6.54 Å². The van der Waals surface area contributed by atoms with Crippen LogP contribution in [0.2, 0.25) is 0 Å². The van der Waals surface area contributed by atoms with Gasteiger partial charge in [-0.2, -0.15) is 5.26 Å². The van der Waals surface area contributed by atoms with Gasteiger partial charge in [0.25, 0.3) is 11.2 Å². The number of nitro groups is 1. The molecule has 1 heterocycles. The molecule has 0 aliphatic rings. The molecule has 0 unspecified atom stereocenters. The number of nitriles is 1. The summed E-state index contributed by atoms with van der Waals surface area (Å²) in [5.41, 5.74) is 0.977. The van der Waals surface area contributed by atoms with Gasteiger partial charge in [-0.05, 0) is 24.6 Å². The largest absolute Gasteiger partial charge is 0.307 e. The molecule has 0 radical (unpaired) electrons. The van der Waals surface area contributed by atoms with E-state index in [1.807, 2.05) is 6.07 Å². The Morgan fingerprint density at radius 1 is 1.35 bits per heavy atom. The predicted molar refractivity (Wildman–Crippen MR) is 72.4 cm³/mol. The van der Waals surface area contributed by atoms with Crippen molar-refractivity contribution in [3.05, 3.63) is 73.7 Å². The van der Waals surface area contributed by atoms with Crippen molar-refractivity contribution in [3.8, 4) is 6.07 Å². The average Bonchev–Trinajstić information content (AvgIpc) is 2.44. The maximum Gasteiger partial charge on any atom is 0.269 e. The summed E-state index contributed by atoms with van der Waals surface area (Å²) in [6, 6.07) is 11.1. The number of non-ortho nitro benzene ring substituents is 1. The van der Waals surface area contributed by atoms with E-state index in [-0.39, 0.29) is 23.4 Å². The van der Waals surface area contributed by atoms with E-state index in [9.17, 15) is 14.9 Å². The Morgan fingerprint density at radius 3 is 2.75 bits per heavy atom. The van der Waals surface area contributed by atoms with Gasteiger partial charge in [0.2, 0.25) is 0 Å². The average molecular weight is 269 g/mol. The SMILES string of the molecule is Cc1ccc(C#N)c(=O)n1Cc1cccc([N+](=O)[O-])c1. The maximum atomic E-state index is 12.1. The van der Waals surface area contributed by atoms with Gasteiger partial charge in [-0.15, -0.1) is 0 Å². The second kappa shape index (κ2) is 5.36. The van der Waals surface area contributed by atoms with Gasteiger partial charge in [-0.1, -0.05) is 12.1 Å². The van der Waals surface area contributed by atoms with Gasteiger partial charge in [0.05, 0.1) is 11.5 Å². The zero-order valence-corrected chi connectivity index (χ0v) is 10.7. The smallest absolute Gasteiger partial charge is 0.269 e. The summed E-state index contributed by atoms with van der Waals surface area (Å²) in [4.78, 5) is 22.3. The van der Waals surface area contributed by atoms with E-state index in [0.29, 0.717) is 11.3 Å². The van der Waals surface area contributed by atoms with Crippen LogP contribution in [0, 0.1) is 28.4 Å². The van der Waals surface area contributed by atoms with Crippen molar-refractivity contribution in [2.45, 2.75) is 13.5 Å². The molecule has 2 aromatic rings. The molecule has 0 spiro atoms. The Hall–Kier alpha value is -2.94. The highest BCUT2D eigenvalue weighted by atomic mass is 16.6. The Morgan fingerprint density at radius 2 is 2.10 bits per heavy atom. The Labute approximate surface area is 114 Å². The summed E-state index contributed by atoms with van der Waals surface area (Å²) in [6.07, 6.45) is 0. The zero-order valence-electron chi connectivity index (χ0n) is 10.7. The minimum absolute atomic E-state index is 0.0235. The Bertz CT molecular complexity index is 772. The number of aromatic nitrogens is 1. The van der Waals surface area contributed by atoms with Crippen molar-refractivity contribution in [1.29, 1.82) is 5.26 Å². The molecule has 6 nitrogen and oxygen atoms in total. The Balaban J connectivity index is 2.45. The molecule has 20 heavy (non-hydrogen) atoms. The first-order valence-corrected chi connectivity index (χ1v) is 5.87. The molecule has 0 atom stereocenters. The van der Waals surface area contributed by atoms with Gasteiger partial charge in [0.1, 0.15) is 11.6 Å². The molecule has 2 rings (SSSR count). The third-order valence-electron chi connectivity index (χ3n) is 2.98. The number of hydrogen-bond donors (Lipinski definition) is 0. The highest BCUT2D eigenvalue weighted by Gasteiger charge is 2.09. The van der Waals surface area contributed by atoms with E-state index in [2.05, 4.69) is 0 Å². The third kappa shape index (κ3) is 2.57. The fraction of sp³-hybridized carbons (Fsp3) is 0.143. The van der Waals surface area contributed by atoms with Gasteiger partial charge in [0.15, 0.2) is 0 Å². The molecule has 6 heteroatoms. The highest BCUT2D eigenvalue weighted by molar-refractivity contribution is 5.35. The molecule has 0 saturated heterocycles. The summed E-state index contributed by atoms with van der Waals surface area (Å²) in [7, 11) is 0. The molecule has 0 amide bonds. The van der Waals surface area contributed by atoms with Crippen molar-refractivity contribution in [2.24, 2.45) is 0 Å². The number of aryl methyl sites for hydroxylation is 1. The van der Waals surface area contributed by atoms with Gasteiger partial charge < -0.3 is 4.57 Å². The summed E-state index contributed by atoms with van der Waals surface area (Å²) >= 11 is 0. The van der Waals surface area contributed by atoms with E-state index < -0.39 is 4.92 Å². The number of rotatable bonds is 3. The number of nitro benzene ring substituents is 1. The summed E-state index contributed by atoms with van der Waals surface area (Å²) in [6.45, 7) is 1.95. The molecule has 0 bridgehead atoms. The van der Waals surface area contributed by atoms with Crippen molar-refractivity contribution in [3.63, 3.8) is 0 Å². The lowest BCUT2D eigenvalue weighted by Crippen LogP contribution is -2.24. The predicted octanol–water partition coefficient (Wildman–Crippen LogP) is 1.98. The number of pyridine rings is 1. The number of benzene rings is 1. The lowest BCUT2D eigenvalue weighted by Gasteiger charge is -2.10. The second-order valence-electron chi connectivity index (χ2n) is 4.32. The molecular weight excluding hydrogens is 258 g/mol. The molecule has 0 fully saturated rings. The normalized spacial score (nSPS) is 10.0. The molecule has 1 aromatic heterocycles. The van der Waals surface area contributed by atoms with E-state index in [0.717, 1.165) is 0 Å². The van der Waals surface area contributed by atoms with Crippen LogP contribution < -0.4 is 5.56 Å². The van der Waals surface area contributed by atoms with Crippen molar-refractivity contribution < 1.29 is 4.92 Å². The first kappa shape index (κ1) is 13.5. The van der Waals surface area contributed by atoms with Crippen LogP contribution in [0.5, 0.6) is 0 Å². The van der Waals surface area contributed by atoms with Crippen LogP contribution in [0.3, 0.4) is 0 Å². The topological polar surface area (TPSA) is 88.9 Å². The van der Waals surface area contributed by atoms with E-state index in [4.69, 9.17) is 5.26 Å². The van der Waals surface area contributed by atoms with Crippen LogP contribution in [-0.4, -0.2) is 9.49 Å². The molecule has 0 aliphatic carbocycles. The standard InChI is InChI=1S/C14H11N3O3/c1-10-5-6-12(8-15)14(18)16(10)9-11-3-2-4-13(7-11)17(19)20/h2-7H,9H2,1H3. The Kier molecular flexibility index (Phi) is 3.62. The molecule has 0 aliphatic heterocycles. The molecule has 0 N–H and O–H groups in total. The summed E-state index contributed by atoms with van der Waals surface area (Å²) in [5.74, 6) is 0. The fourth-order valence-corrected chi connectivity index (χ4v) is 1.90. The molecule has 0 saturated carbocycles. The summed E-state index contributed by atoms with van der Waals surface area (Å²) < 4.78 is 1.43. The first-order chi connectivity index (χ1) is 9.52. The molecular formula is C14H11N3O3. The first-order valence-electron chi connectivity index (χ1n) is 5.87. The van der Waals surface area contributed by atoms with Gasteiger partial charge in [-0.3, -0.25) is 14.9 Å². The lowest BCUT2D eigenvalue weighted by atomic mass is 10.2. The molecule has 100 valence electrons.